The van der Waals surface area contributed by atoms with Crippen molar-refractivity contribution in [3.05, 3.63) is 59.3 Å². The molecular formula is C17H14N4O. The van der Waals surface area contributed by atoms with E-state index >= 15 is 0 Å². The molecule has 1 heterocycles. The molecule has 2 aromatic rings. The van der Waals surface area contributed by atoms with Gasteiger partial charge < -0.3 is 5.11 Å². The van der Waals surface area contributed by atoms with Crippen LogP contribution in [0.4, 0.5) is 5.82 Å². The molecule has 0 saturated carbocycles. The zero-order valence-electron chi connectivity index (χ0n) is 12.1. The van der Waals surface area contributed by atoms with Gasteiger partial charge in [0.25, 0.3) is 0 Å². The Labute approximate surface area is 128 Å². The summed E-state index contributed by atoms with van der Waals surface area (Å²) in [6, 6.07) is 9.04. The Bertz CT molecular complexity index is 850. The summed E-state index contributed by atoms with van der Waals surface area (Å²) in [5, 5.41) is 23.0. The Kier molecular flexibility index (Phi) is 3.58. The maximum Gasteiger partial charge on any atom is 0.165 e. The van der Waals surface area contributed by atoms with Gasteiger partial charge in [-0.25, -0.2) is 9.67 Å². The molecule has 1 aromatic heterocycles. The summed E-state index contributed by atoms with van der Waals surface area (Å²) in [4.78, 5) is 4.41. The number of aryl methyl sites for hydroxylation is 1. The number of rotatable bonds is 3. The minimum atomic E-state index is 0.234. The maximum absolute atomic E-state index is 9.73. The van der Waals surface area contributed by atoms with E-state index in [9.17, 15) is 5.11 Å². The highest BCUT2D eigenvalue weighted by Gasteiger charge is 2.11. The van der Waals surface area contributed by atoms with E-state index < -0.39 is 0 Å². The number of benzene rings is 1. The maximum atomic E-state index is 9.73. The summed E-state index contributed by atoms with van der Waals surface area (Å²) in [5.41, 5.74) is 2.90. The van der Waals surface area contributed by atoms with Crippen LogP contribution in [0.3, 0.4) is 0 Å². The van der Waals surface area contributed by atoms with Crippen molar-refractivity contribution in [2.45, 2.75) is 13.3 Å². The number of allylic oxidation sites excluding steroid dienone is 4. The highest BCUT2D eigenvalue weighted by atomic mass is 16.3. The second-order valence-electron chi connectivity index (χ2n) is 5.01. The minimum Gasteiger partial charge on any atom is -0.508 e. The van der Waals surface area contributed by atoms with Crippen LogP contribution in [0.5, 0.6) is 5.75 Å². The Morgan fingerprint density at radius 1 is 1.41 bits per heavy atom. The predicted octanol–water partition coefficient (Wildman–Crippen LogP) is 3.32. The molecule has 0 spiro atoms. The third kappa shape index (κ3) is 2.67. The fraction of sp³-hybridized carbons (Fsp3) is 0.118. The molecule has 0 saturated heterocycles. The fourth-order valence-corrected chi connectivity index (χ4v) is 2.17. The van der Waals surface area contributed by atoms with Gasteiger partial charge in [-0.05, 0) is 30.2 Å². The smallest absolute Gasteiger partial charge is 0.165 e. The molecule has 1 aromatic carbocycles. The van der Waals surface area contributed by atoms with Gasteiger partial charge in [-0.15, -0.1) is 0 Å². The van der Waals surface area contributed by atoms with Gasteiger partial charge >= 0.3 is 0 Å². The topological polar surface area (TPSA) is 74.2 Å². The minimum absolute atomic E-state index is 0.234. The molecule has 1 N–H and O–H groups in total. The molecule has 0 fully saturated rings. The third-order valence-corrected chi connectivity index (χ3v) is 3.41. The molecule has 3 rings (SSSR count). The Morgan fingerprint density at radius 3 is 2.95 bits per heavy atom. The van der Waals surface area contributed by atoms with Crippen molar-refractivity contribution in [3.63, 3.8) is 0 Å². The first kappa shape index (κ1) is 13.8. The van der Waals surface area contributed by atoms with Crippen LogP contribution >= 0.6 is 0 Å². The predicted molar refractivity (Wildman–Crippen MR) is 85.1 cm³/mol. The molecule has 5 heteroatoms. The molecule has 5 nitrogen and oxygen atoms in total. The number of hydrogen-bond donors (Lipinski definition) is 1. The number of phenols is 1. The molecule has 0 radical (unpaired) electrons. The van der Waals surface area contributed by atoms with E-state index in [1.807, 2.05) is 43.4 Å². The summed E-state index contributed by atoms with van der Waals surface area (Å²) in [6.07, 6.45) is 8.34. The molecular weight excluding hydrogens is 276 g/mol. The molecule has 108 valence electrons. The first-order chi connectivity index (χ1) is 10.7. The lowest BCUT2D eigenvalue weighted by Crippen LogP contribution is -1.97. The van der Waals surface area contributed by atoms with Crippen LogP contribution in [0.2, 0.25) is 0 Å². The zero-order valence-corrected chi connectivity index (χ0v) is 12.1. The van der Waals surface area contributed by atoms with E-state index in [1.165, 1.54) is 0 Å². The molecule has 0 bridgehead atoms. The number of nitriles is 1. The van der Waals surface area contributed by atoms with Crippen LogP contribution in [-0.2, 0) is 0 Å². The van der Waals surface area contributed by atoms with E-state index in [4.69, 9.17) is 5.26 Å². The van der Waals surface area contributed by atoms with Crippen LogP contribution < -0.4 is 0 Å². The van der Waals surface area contributed by atoms with Gasteiger partial charge in [0.05, 0.1) is 0 Å². The van der Waals surface area contributed by atoms with Crippen molar-refractivity contribution < 1.29 is 5.11 Å². The average molecular weight is 290 g/mol. The van der Waals surface area contributed by atoms with Crippen molar-refractivity contribution in [1.29, 1.82) is 5.26 Å². The van der Waals surface area contributed by atoms with Gasteiger partial charge in [-0.3, -0.25) is 0 Å². The lowest BCUT2D eigenvalue weighted by molar-refractivity contribution is 0.471. The standard InChI is InChI=1S/C17H14N4O/c1-12-6-7-13(8-16(12)22)11-19-17-9-14(10-18)20-21(17)15-4-2-3-5-15/h2-4,6-9,11,22H,5H2,1H3. The Balaban J connectivity index is 1.94. The number of phenolic OH excluding ortho intramolecular Hbond substituents is 1. The van der Waals surface area contributed by atoms with Gasteiger partial charge in [0.1, 0.15) is 11.8 Å². The highest BCUT2D eigenvalue weighted by molar-refractivity contribution is 5.82. The van der Waals surface area contributed by atoms with Crippen molar-refractivity contribution >= 4 is 17.7 Å². The zero-order chi connectivity index (χ0) is 15.5. The van der Waals surface area contributed by atoms with E-state index in [0.29, 0.717) is 11.5 Å². The first-order valence-electron chi connectivity index (χ1n) is 6.87. The summed E-state index contributed by atoms with van der Waals surface area (Å²) >= 11 is 0. The van der Waals surface area contributed by atoms with Gasteiger partial charge in [0.2, 0.25) is 0 Å². The second-order valence-corrected chi connectivity index (χ2v) is 5.01. The quantitative estimate of drug-likeness (QED) is 0.881. The molecule has 0 atom stereocenters. The molecule has 0 amide bonds. The molecule has 1 aliphatic carbocycles. The van der Waals surface area contributed by atoms with E-state index in [-0.39, 0.29) is 5.75 Å². The molecule has 0 unspecified atom stereocenters. The van der Waals surface area contributed by atoms with Crippen molar-refractivity contribution in [1.82, 2.24) is 9.78 Å². The van der Waals surface area contributed by atoms with Crippen molar-refractivity contribution in [2.75, 3.05) is 0 Å². The Morgan fingerprint density at radius 2 is 2.27 bits per heavy atom. The SMILES string of the molecule is Cc1ccc(C=Nc2cc(C#N)nn2C2=CC=CC2)cc1O. The third-order valence-electron chi connectivity index (χ3n) is 3.41. The van der Waals surface area contributed by atoms with Crippen LogP contribution in [0.1, 0.15) is 23.2 Å². The monoisotopic (exact) mass is 290 g/mol. The lowest BCUT2D eigenvalue weighted by atomic mass is 10.1. The second kappa shape index (κ2) is 5.70. The number of hydrogen-bond acceptors (Lipinski definition) is 4. The Hall–Kier alpha value is -3.13. The van der Waals surface area contributed by atoms with Crippen molar-refractivity contribution in [3.8, 4) is 11.8 Å². The van der Waals surface area contributed by atoms with E-state index in [0.717, 1.165) is 23.2 Å². The van der Waals surface area contributed by atoms with Gasteiger partial charge in [0, 0.05) is 24.4 Å². The largest absolute Gasteiger partial charge is 0.508 e. The van der Waals surface area contributed by atoms with Crippen molar-refractivity contribution in [2.24, 2.45) is 4.99 Å². The molecule has 22 heavy (non-hydrogen) atoms. The highest BCUT2D eigenvalue weighted by Crippen LogP contribution is 2.24. The summed E-state index contributed by atoms with van der Waals surface area (Å²) in [5.74, 6) is 0.824. The summed E-state index contributed by atoms with van der Waals surface area (Å²) in [6.45, 7) is 1.84. The van der Waals surface area contributed by atoms with Crippen LogP contribution in [0.15, 0.2) is 47.5 Å². The number of nitrogens with zero attached hydrogens (tertiary/aromatic N) is 4. The van der Waals surface area contributed by atoms with Crippen LogP contribution in [0, 0.1) is 18.3 Å². The summed E-state index contributed by atoms with van der Waals surface area (Å²) in [7, 11) is 0. The molecule has 1 aliphatic rings. The van der Waals surface area contributed by atoms with E-state index in [1.54, 1.807) is 23.0 Å². The van der Waals surface area contributed by atoms with Gasteiger partial charge in [-0.2, -0.15) is 10.4 Å². The normalized spacial score (nSPS) is 13.5. The average Bonchev–Trinajstić information content (AvgIpc) is 3.16. The lowest BCUT2D eigenvalue weighted by Gasteiger charge is -2.04. The summed E-state index contributed by atoms with van der Waals surface area (Å²) < 4.78 is 1.67. The fourth-order valence-electron chi connectivity index (χ4n) is 2.17. The number of aromatic nitrogens is 2. The van der Waals surface area contributed by atoms with Crippen LogP contribution in [-0.4, -0.2) is 21.1 Å². The first-order valence-corrected chi connectivity index (χ1v) is 6.87. The number of aliphatic imine (C=N–C) groups is 1. The number of aromatic hydroxyl groups is 1. The van der Waals surface area contributed by atoms with Gasteiger partial charge in [-0.1, -0.05) is 24.3 Å². The molecule has 0 aliphatic heterocycles. The van der Waals surface area contributed by atoms with Crippen LogP contribution in [0.25, 0.3) is 5.70 Å². The van der Waals surface area contributed by atoms with E-state index in [2.05, 4.69) is 10.1 Å². The van der Waals surface area contributed by atoms with Gasteiger partial charge in [0.15, 0.2) is 11.5 Å².